The van der Waals surface area contributed by atoms with Crippen LogP contribution in [-0.4, -0.2) is 63.0 Å². The number of hydrogen-bond donors (Lipinski definition) is 0. The molecule has 0 radical (unpaired) electrons. The van der Waals surface area contributed by atoms with Crippen LogP contribution >= 0.6 is 0 Å². The van der Waals surface area contributed by atoms with Crippen LogP contribution in [0.25, 0.3) is 0 Å². The van der Waals surface area contributed by atoms with Crippen LogP contribution in [0.3, 0.4) is 0 Å². The van der Waals surface area contributed by atoms with Gasteiger partial charge in [-0.1, -0.05) is 0 Å². The second kappa shape index (κ2) is 3.75. The van der Waals surface area contributed by atoms with Crippen LogP contribution in [0, 0.1) is 0 Å². The molecule has 15 heavy (non-hydrogen) atoms. The zero-order valence-corrected chi connectivity index (χ0v) is 10.8. The van der Waals surface area contributed by atoms with E-state index < -0.39 is 10.0 Å². The number of nitrogens with zero attached hydrogens (tertiary/aromatic N) is 3. The van der Waals surface area contributed by atoms with E-state index in [-0.39, 0.29) is 5.54 Å². The highest BCUT2D eigenvalue weighted by Crippen LogP contribution is 2.21. The maximum atomic E-state index is 11.2. The van der Waals surface area contributed by atoms with Crippen LogP contribution in [0.5, 0.6) is 0 Å². The van der Waals surface area contributed by atoms with Gasteiger partial charge in [0.2, 0.25) is 0 Å². The van der Waals surface area contributed by atoms with Crippen LogP contribution in [0.4, 0.5) is 0 Å². The van der Waals surface area contributed by atoms with Crippen molar-refractivity contribution in [3.05, 3.63) is 0 Å². The zero-order valence-electron chi connectivity index (χ0n) is 9.98. The topological polar surface area (TPSA) is 53.0 Å². The van der Waals surface area contributed by atoms with Gasteiger partial charge >= 0.3 is 0 Å². The van der Waals surface area contributed by atoms with E-state index in [9.17, 15) is 8.42 Å². The van der Waals surface area contributed by atoms with E-state index >= 15 is 0 Å². The van der Waals surface area contributed by atoms with Gasteiger partial charge in [0.1, 0.15) is 5.84 Å². The summed E-state index contributed by atoms with van der Waals surface area (Å²) in [6.07, 6.45) is 1.12. The van der Waals surface area contributed by atoms with E-state index in [1.54, 1.807) is 0 Å². The van der Waals surface area contributed by atoms with Crippen LogP contribution in [0.2, 0.25) is 0 Å². The van der Waals surface area contributed by atoms with Crippen LogP contribution in [-0.2, 0) is 10.0 Å². The Labute approximate surface area is 91.8 Å². The molecular formula is C9H19N3O2S. The number of rotatable bonds is 1. The van der Waals surface area contributed by atoms with Gasteiger partial charge in [-0.05, 0) is 20.9 Å². The lowest BCUT2D eigenvalue weighted by molar-refractivity contribution is 0.162. The van der Waals surface area contributed by atoms with Gasteiger partial charge in [0.15, 0.2) is 0 Å². The van der Waals surface area contributed by atoms with E-state index in [0.29, 0.717) is 5.84 Å². The third kappa shape index (κ3) is 2.69. The molecule has 1 fully saturated rings. The van der Waals surface area contributed by atoms with Gasteiger partial charge in [0, 0.05) is 20.1 Å². The minimum absolute atomic E-state index is 0.337. The fraction of sp³-hybridized carbons (Fsp3) is 0.889. The molecule has 0 atom stereocenters. The molecule has 0 unspecified atom stereocenters. The summed E-state index contributed by atoms with van der Waals surface area (Å²) in [7, 11) is 0.519. The van der Waals surface area contributed by atoms with E-state index in [2.05, 4.69) is 9.30 Å². The molecule has 1 heterocycles. The van der Waals surface area contributed by atoms with Crippen molar-refractivity contribution in [3.8, 4) is 0 Å². The number of hydrogen-bond acceptors (Lipinski definition) is 3. The van der Waals surface area contributed by atoms with Crippen LogP contribution in [0.1, 0.15) is 13.8 Å². The summed E-state index contributed by atoms with van der Waals surface area (Å²) in [5.74, 6) is 0.610. The van der Waals surface area contributed by atoms with E-state index in [0.717, 1.165) is 19.3 Å². The monoisotopic (exact) mass is 233 g/mol. The molecule has 5 nitrogen and oxygen atoms in total. The van der Waals surface area contributed by atoms with Gasteiger partial charge in [-0.25, -0.2) is 8.42 Å². The SMILES string of the molecule is CN1CCN(C)C(C)(C)/C1=N/S(C)(=O)=O. The first-order valence-electron chi connectivity index (χ1n) is 4.87. The van der Waals surface area contributed by atoms with Crippen molar-refractivity contribution < 1.29 is 8.42 Å². The van der Waals surface area contributed by atoms with Crippen molar-refractivity contribution in [1.29, 1.82) is 0 Å². The third-order valence-electron chi connectivity index (χ3n) is 2.89. The molecule has 0 bridgehead atoms. The second-order valence-corrected chi connectivity index (χ2v) is 6.20. The molecule has 1 aliphatic heterocycles. The molecule has 1 aliphatic rings. The van der Waals surface area contributed by atoms with Gasteiger partial charge in [-0.2, -0.15) is 0 Å². The summed E-state index contributed by atoms with van der Waals surface area (Å²) in [5, 5.41) is 0. The molecule has 88 valence electrons. The molecule has 0 spiro atoms. The molecule has 0 saturated carbocycles. The molecule has 0 amide bonds. The molecule has 1 rings (SSSR count). The Morgan fingerprint density at radius 2 is 1.80 bits per heavy atom. The van der Waals surface area contributed by atoms with Gasteiger partial charge in [0.25, 0.3) is 10.0 Å². The van der Waals surface area contributed by atoms with Crippen molar-refractivity contribution in [2.75, 3.05) is 33.4 Å². The molecular weight excluding hydrogens is 214 g/mol. The zero-order chi connectivity index (χ0) is 11.9. The lowest BCUT2D eigenvalue weighted by Gasteiger charge is -2.45. The molecule has 1 saturated heterocycles. The van der Waals surface area contributed by atoms with Gasteiger partial charge < -0.3 is 4.90 Å². The lowest BCUT2D eigenvalue weighted by Crippen LogP contribution is -2.60. The van der Waals surface area contributed by atoms with Gasteiger partial charge in [0.05, 0.1) is 11.8 Å². The molecule has 0 N–H and O–H groups in total. The molecule has 6 heteroatoms. The Morgan fingerprint density at radius 3 is 2.27 bits per heavy atom. The number of sulfonamides is 1. The summed E-state index contributed by atoms with van der Waals surface area (Å²) in [4.78, 5) is 4.01. The summed E-state index contributed by atoms with van der Waals surface area (Å²) < 4.78 is 26.2. The van der Waals surface area contributed by atoms with Crippen molar-refractivity contribution >= 4 is 15.9 Å². The molecule has 0 aliphatic carbocycles. The number of amidine groups is 1. The van der Waals surface area contributed by atoms with E-state index in [1.165, 1.54) is 0 Å². The second-order valence-electron chi connectivity index (χ2n) is 4.55. The predicted octanol–water partition coefficient (Wildman–Crippen LogP) is 0.000300. The first-order valence-corrected chi connectivity index (χ1v) is 6.72. The van der Waals surface area contributed by atoms with Crippen molar-refractivity contribution in [3.63, 3.8) is 0 Å². The number of piperazine rings is 1. The Hall–Kier alpha value is -0.620. The van der Waals surface area contributed by atoms with Crippen LogP contribution < -0.4 is 0 Å². The Bertz CT molecular complexity index is 373. The summed E-state index contributed by atoms with van der Waals surface area (Å²) >= 11 is 0. The quantitative estimate of drug-likeness (QED) is 0.640. The fourth-order valence-corrected chi connectivity index (χ4v) is 2.34. The fourth-order valence-electron chi connectivity index (χ4n) is 1.66. The molecule has 0 aromatic rings. The van der Waals surface area contributed by atoms with E-state index in [1.807, 2.05) is 32.8 Å². The minimum atomic E-state index is -3.33. The Kier molecular flexibility index (Phi) is 3.11. The highest BCUT2D eigenvalue weighted by Gasteiger charge is 2.37. The predicted molar refractivity (Wildman–Crippen MR) is 61.6 cm³/mol. The average Bonchev–Trinajstić information content (AvgIpc) is 2.05. The van der Waals surface area contributed by atoms with E-state index in [4.69, 9.17) is 0 Å². The van der Waals surface area contributed by atoms with Crippen molar-refractivity contribution in [1.82, 2.24) is 9.80 Å². The highest BCUT2D eigenvalue weighted by atomic mass is 32.2. The third-order valence-corrected chi connectivity index (χ3v) is 3.39. The van der Waals surface area contributed by atoms with Gasteiger partial charge in [-0.15, -0.1) is 4.40 Å². The molecule has 0 aromatic carbocycles. The maximum absolute atomic E-state index is 11.2. The minimum Gasteiger partial charge on any atom is -0.360 e. The standard InChI is InChI=1S/C9H19N3O2S/c1-9(2)8(10-15(5,13)14)11(3)6-7-12(9)4/h6-7H2,1-5H3/b10-8-. The molecule has 0 aromatic heterocycles. The average molecular weight is 233 g/mol. The maximum Gasteiger partial charge on any atom is 0.251 e. The number of likely N-dealkylation sites (N-methyl/N-ethyl adjacent to an activating group) is 2. The Balaban J connectivity index is 3.17. The van der Waals surface area contributed by atoms with Gasteiger partial charge in [-0.3, -0.25) is 4.90 Å². The van der Waals surface area contributed by atoms with Crippen molar-refractivity contribution in [2.45, 2.75) is 19.4 Å². The normalized spacial score (nSPS) is 25.9. The summed E-state index contributed by atoms with van der Waals surface area (Å²) in [5.41, 5.74) is -0.337. The lowest BCUT2D eigenvalue weighted by atomic mass is 9.98. The first kappa shape index (κ1) is 12.4. The Morgan fingerprint density at radius 1 is 1.27 bits per heavy atom. The summed E-state index contributed by atoms with van der Waals surface area (Å²) in [6.45, 7) is 5.67. The summed E-state index contributed by atoms with van der Waals surface area (Å²) in [6, 6.07) is 0. The van der Waals surface area contributed by atoms with Crippen LogP contribution in [0.15, 0.2) is 4.40 Å². The highest BCUT2D eigenvalue weighted by molar-refractivity contribution is 7.89. The largest absolute Gasteiger partial charge is 0.360 e. The smallest absolute Gasteiger partial charge is 0.251 e. The van der Waals surface area contributed by atoms with Crippen molar-refractivity contribution in [2.24, 2.45) is 4.40 Å². The first-order chi connectivity index (χ1) is 6.64.